The van der Waals surface area contributed by atoms with E-state index in [1.165, 1.54) is 11.1 Å². The predicted octanol–water partition coefficient (Wildman–Crippen LogP) is 5.36. The number of benzene rings is 3. The van der Waals surface area contributed by atoms with Crippen LogP contribution in [-0.2, 0) is 32.3 Å². The molecule has 53 heavy (non-hydrogen) atoms. The normalized spacial score (nSPS) is 30.0. The van der Waals surface area contributed by atoms with E-state index in [1.54, 1.807) is 21.9 Å². The summed E-state index contributed by atoms with van der Waals surface area (Å²) in [5, 5.41) is 11.2. The standard InChI is InChI=1S/C44H48N4O5/c49-37-14-8-7-13-33(37)38-32-15-16-34-39(43(52)47(41(34)50)30-17-21-45(22-18-30)26-28-9-3-1-4-10-28)35(32)25-36-40(38)44(53)48(42(36)51)31-19-23-46(24-20-31)27-29-11-5-2-6-12-29/h1-15,30-31,34-36,38-40,49H,16-27H2/t34-,35+,36+,38+,39-,40+/m0/s1. The number of piperidine rings is 2. The van der Waals surface area contributed by atoms with Gasteiger partial charge in [0, 0.05) is 62.8 Å². The summed E-state index contributed by atoms with van der Waals surface area (Å²) in [6.45, 7) is 4.91. The fraction of sp³-hybridized carbons (Fsp3) is 0.455. The van der Waals surface area contributed by atoms with Crippen molar-refractivity contribution in [3.05, 3.63) is 113 Å². The third-order valence-electron chi connectivity index (χ3n) is 13.3. The molecule has 0 radical (unpaired) electrons. The summed E-state index contributed by atoms with van der Waals surface area (Å²) in [5.74, 6) is -3.57. The molecule has 1 saturated carbocycles. The van der Waals surface area contributed by atoms with Crippen molar-refractivity contribution < 1.29 is 24.3 Å². The smallest absolute Gasteiger partial charge is 0.234 e. The van der Waals surface area contributed by atoms with Crippen molar-refractivity contribution in [3.8, 4) is 5.75 Å². The summed E-state index contributed by atoms with van der Waals surface area (Å²) < 4.78 is 0. The maximum Gasteiger partial charge on any atom is 0.234 e. The minimum Gasteiger partial charge on any atom is -0.508 e. The van der Waals surface area contributed by atoms with Gasteiger partial charge >= 0.3 is 0 Å². The summed E-state index contributed by atoms with van der Waals surface area (Å²) in [5.41, 5.74) is 4.06. The molecule has 3 aromatic rings. The van der Waals surface area contributed by atoms with Gasteiger partial charge in [0.15, 0.2) is 0 Å². The second kappa shape index (κ2) is 14.0. The van der Waals surface area contributed by atoms with Gasteiger partial charge in [-0.3, -0.25) is 38.8 Å². The Hall–Kier alpha value is -4.60. The second-order valence-electron chi connectivity index (χ2n) is 16.2. The van der Waals surface area contributed by atoms with Gasteiger partial charge in [-0.25, -0.2) is 0 Å². The largest absolute Gasteiger partial charge is 0.508 e. The number of allylic oxidation sites excluding steroid dienone is 2. The molecule has 274 valence electrons. The Bertz CT molecular complexity index is 1920. The van der Waals surface area contributed by atoms with Crippen LogP contribution < -0.4 is 0 Å². The van der Waals surface area contributed by atoms with Crippen LogP contribution in [0.15, 0.2) is 96.6 Å². The van der Waals surface area contributed by atoms with Gasteiger partial charge in [-0.05, 0) is 61.6 Å². The lowest BCUT2D eigenvalue weighted by Gasteiger charge is -2.44. The highest BCUT2D eigenvalue weighted by Crippen LogP contribution is 2.59. The number of nitrogens with zero attached hydrogens (tertiary/aromatic N) is 4. The van der Waals surface area contributed by atoms with Crippen molar-refractivity contribution in [2.75, 3.05) is 26.2 Å². The summed E-state index contributed by atoms with van der Waals surface area (Å²) >= 11 is 0. The molecular formula is C44H48N4O5. The zero-order valence-corrected chi connectivity index (χ0v) is 30.1. The highest BCUT2D eigenvalue weighted by molar-refractivity contribution is 6.08. The van der Waals surface area contributed by atoms with Crippen molar-refractivity contribution in [2.24, 2.45) is 29.6 Å². The van der Waals surface area contributed by atoms with E-state index in [1.807, 2.05) is 48.5 Å². The summed E-state index contributed by atoms with van der Waals surface area (Å²) in [4.78, 5) is 65.7. The van der Waals surface area contributed by atoms with Crippen molar-refractivity contribution in [1.29, 1.82) is 0 Å². The lowest BCUT2D eigenvalue weighted by atomic mass is 9.57. The number of hydrogen-bond donors (Lipinski definition) is 1. The van der Waals surface area contributed by atoms with Crippen LogP contribution in [0.3, 0.4) is 0 Å². The number of phenolic OH excluding ortho intramolecular Hbond substituents is 1. The fourth-order valence-electron chi connectivity index (χ4n) is 10.8. The number of carbonyl (C=O) groups excluding carboxylic acids is 4. The number of amides is 4. The lowest BCUT2D eigenvalue weighted by Crippen LogP contribution is -2.48. The first kappa shape index (κ1) is 34.2. The molecule has 2 aliphatic carbocycles. The summed E-state index contributed by atoms with van der Waals surface area (Å²) in [6, 6.07) is 27.5. The topological polar surface area (TPSA) is 101 Å². The van der Waals surface area contributed by atoms with Crippen LogP contribution in [0.2, 0.25) is 0 Å². The second-order valence-corrected chi connectivity index (χ2v) is 16.2. The number of fused-ring (bicyclic) bond motifs is 4. The van der Waals surface area contributed by atoms with Gasteiger partial charge in [0.25, 0.3) is 0 Å². The van der Waals surface area contributed by atoms with Crippen LogP contribution in [0.25, 0.3) is 0 Å². The Morgan fingerprint density at radius 2 is 1.04 bits per heavy atom. The lowest BCUT2D eigenvalue weighted by molar-refractivity contribution is -0.146. The fourth-order valence-corrected chi connectivity index (χ4v) is 10.8. The van der Waals surface area contributed by atoms with Crippen LogP contribution >= 0.6 is 0 Å². The molecule has 3 aromatic carbocycles. The van der Waals surface area contributed by atoms with E-state index in [0.717, 1.165) is 57.7 Å². The zero-order valence-electron chi connectivity index (χ0n) is 30.1. The Morgan fingerprint density at radius 3 is 1.58 bits per heavy atom. The highest BCUT2D eigenvalue weighted by Gasteiger charge is 2.63. The third kappa shape index (κ3) is 6.02. The molecule has 9 heteroatoms. The van der Waals surface area contributed by atoms with Crippen LogP contribution in [0.4, 0.5) is 0 Å². The molecule has 0 aromatic heterocycles. The van der Waals surface area contributed by atoms with Crippen LogP contribution in [0.5, 0.6) is 5.75 Å². The van der Waals surface area contributed by atoms with Crippen molar-refractivity contribution in [1.82, 2.24) is 19.6 Å². The van der Waals surface area contributed by atoms with E-state index in [2.05, 4.69) is 40.1 Å². The Morgan fingerprint density at radius 1 is 0.547 bits per heavy atom. The molecule has 0 unspecified atom stereocenters. The quantitative estimate of drug-likeness (QED) is 0.260. The van der Waals surface area contributed by atoms with E-state index in [9.17, 15) is 24.3 Å². The van der Waals surface area contributed by atoms with Gasteiger partial charge in [0.1, 0.15) is 5.75 Å². The van der Waals surface area contributed by atoms with Gasteiger partial charge in [-0.2, -0.15) is 0 Å². The average Bonchev–Trinajstić information content (AvgIpc) is 3.59. The number of carbonyl (C=O) groups is 4. The van der Waals surface area contributed by atoms with E-state index >= 15 is 0 Å². The van der Waals surface area contributed by atoms with E-state index in [4.69, 9.17) is 0 Å². The molecular weight excluding hydrogens is 665 g/mol. The summed E-state index contributed by atoms with van der Waals surface area (Å²) in [7, 11) is 0. The Kier molecular flexibility index (Phi) is 9.03. The van der Waals surface area contributed by atoms with Crippen molar-refractivity contribution >= 4 is 23.6 Å². The maximum atomic E-state index is 14.6. The third-order valence-corrected chi connectivity index (χ3v) is 13.3. The number of phenols is 1. The highest BCUT2D eigenvalue weighted by atomic mass is 16.3. The van der Waals surface area contributed by atoms with Crippen molar-refractivity contribution in [2.45, 2.75) is 69.6 Å². The van der Waals surface area contributed by atoms with Gasteiger partial charge < -0.3 is 5.11 Å². The summed E-state index contributed by atoms with van der Waals surface area (Å²) in [6.07, 6.45) is 5.80. The monoisotopic (exact) mass is 712 g/mol. The minimum atomic E-state index is -0.644. The molecule has 4 aliphatic heterocycles. The number of rotatable bonds is 7. The van der Waals surface area contributed by atoms with Crippen LogP contribution in [0, 0.1) is 29.6 Å². The van der Waals surface area contributed by atoms with Gasteiger partial charge in [0.05, 0.1) is 23.7 Å². The van der Waals surface area contributed by atoms with Gasteiger partial charge in [0.2, 0.25) is 23.6 Å². The molecule has 4 saturated heterocycles. The molecule has 6 atom stereocenters. The van der Waals surface area contributed by atoms with Crippen LogP contribution in [-0.4, -0.2) is 86.6 Å². The number of likely N-dealkylation sites (tertiary alicyclic amines) is 4. The van der Waals surface area contributed by atoms with E-state index in [-0.39, 0.29) is 47.4 Å². The Balaban J connectivity index is 0.957. The van der Waals surface area contributed by atoms with Crippen LogP contribution in [0.1, 0.15) is 61.1 Å². The van der Waals surface area contributed by atoms with E-state index in [0.29, 0.717) is 31.2 Å². The maximum absolute atomic E-state index is 14.6. The molecule has 4 heterocycles. The average molecular weight is 713 g/mol. The number of para-hydroxylation sites is 1. The first-order valence-electron chi connectivity index (χ1n) is 19.6. The molecule has 1 N–H and O–H groups in total. The van der Waals surface area contributed by atoms with Crippen molar-refractivity contribution in [3.63, 3.8) is 0 Å². The first-order valence-corrected chi connectivity index (χ1v) is 19.6. The molecule has 0 bridgehead atoms. The minimum absolute atomic E-state index is 0.0873. The first-order chi connectivity index (χ1) is 25.9. The predicted molar refractivity (Wildman–Crippen MR) is 199 cm³/mol. The van der Waals surface area contributed by atoms with Gasteiger partial charge in [-0.15, -0.1) is 0 Å². The Labute approximate surface area is 311 Å². The molecule has 9 nitrogen and oxygen atoms in total. The molecule has 0 spiro atoms. The SMILES string of the molecule is O=C1[C@H]2[C@H](CC=C3[C@H]2C[C@H]2C(=O)N(C4CCN(Cc5ccccc5)CC4)C(=O)[C@H]2[C@H]3c2ccccc2O)C(=O)N1C1CCN(Cc2ccccc2)CC1. The molecule has 4 amide bonds. The number of aromatic hydroxyl groups is 1. The number of imide groups is 2. The molecule has 6 aliphatic rings. The zero-order chi connectivity index (χ0) is 36.2. The molecule has 9 rings (SSSR count). The number of hydrogen-bond acceptors (Lipinski definition) is 7. The molecule has 5 fully saturated rings. The van der Waals surface area contributed by atoms with Gasteiger partial charge in [-0.1, -0.05) is 90.5 Å². The van der Waals surface area contributed by atoms with E-state index < -0.39 is 29.6 Å².